The van der Waals surface area contributed by atoms with Crippen LogP contribution in [0.5, 0.6) is 11.5 Å². The van der Waals surface area contributed by atoms with Crippen molar-refractivity contribution in [2.75, 3.05) is 19.5 Å². The lowest BCUT2D eigenvalue weighted by Gasteiger charge is -2.28. The van der Waals surface area contributed by atoms with Gasteiger partial charge >= 0.3 is 11.3 Å². The van der Waals surface area contributed by atoms with E-state index in [0.717, 1.165) is 5.39 Å². The molecule has 0 saturated carbocycles. The van der Waals surface area contributed by atoms with E-state index in [2.05, 4.69) is 5.32 Å². The molecule has 1 aliphatic heterocycles. The predicted octanol–water partition coefficient (Wildman–Crippen LogP) is 4.31. The molecule has 1 aliphatic rings. The van der Waals surface area contributed by atoms with Crippen LogP contribution in [-0.2, 0) is 0 Å². The highest BCUT2D eigenvalue weighted by Gasteiger charge is 2.35. The van der Waals surface area contributed by atoms with Crippen molar-refractivity contribution in [3.05, 3.63) is 91.8 Å². The van der Waals surface area contributed by atoms with Crippen LogP contribution in [0, 0.1) is 6.92 Å². The van der Waals surface area contributed by atoms with Gasteiger partial charge in [-0.05, 0) is 36.8 Å². The molecule has 1 atom stereocenters. The van der Waals surface area contributed by atoms with E-state index in [0.29, 0.717) is 50.9 Å². The molecule has 0 amide bonds. The summed E-state index contributed by atoms with van der Waals surface area (Å²) in [7, 11) is 3.08. The number of ether oxygens (including phenoxy) is 2. The molecule has 2 aromatic heterocycles. The number of methoxy groups -OCH3 is 2. The van der Waals surface area contributed by atoms with Crippen molar-refractivity contribution in [1.82, 2.24) is 0 Å². The van der Waals surface area contributed by atoms with Crippen molar-refractivity contribution in [3.63, 3.8) is 0 Å². The van der Waals surface area contributed by atoms with E-state index in [1.807, 2.05) is 12.1 Å². The number of hydrogen-bond acceptors (Lipinski definition) is 7. The molecule has 0 spiro atoms. The summed E-state index contributed by atoms with van der Waals surface area (Å²) < 4.78 is 21.8. The number of benzene rings is 2. The molecule has 0 radical (unpaired) electrons. The largest absolute Gasteiger partial charge is 0.493 e. The average Bonchev–Trinajstić information content (AvgIpc) is 2.77. The first-order chi connectivity index (χ1) is 15.0. The number of anilines is 2. The van der Waals surface area contributed by atoms with Crippen LogP contribution in [-0.4, -0.2) is 14.2 Å². The molecule has 7 nitrogen and oxygen atoms in total. The number of aryl methyl sites for hydroxylation is 1. The Morgan fingerprint density at radius 3 is 2.39 bits per heavy atom. The quantitative estimate of drug-likeness (QED) is 0.438. The lowest BCUT2D eigenvalue weighted by atomic mass is 9.82. The highest BCUT2D eigenvalue weighted by molar-refractivity contribution is 5.96. The minimum atomic E-state index is -0.705. The first-order valence-corrected chi connectivity index (χ1v) is 9.71. The maximum absolute atomic E-state index is 13.1. The van der Waals surface area contributed by atoms with Crippen molar-refractivity contribution >= 4 is 22.3 Å². The Morgan fingerprint density at radius 1 is 0.871 bits per heavy atom. The van der Waals surface area contributed by atoms with Gasteiger partial charge in [0.25, 0.3) is 0 Å². The third-order valence-corrected chi connectivity index (χ3v) is 5.54. The molecule has 7 heteroatoms. The Labute approximate surface area is 176 Å². The van der Waals surface area contributed by atoms with Crippen LogP contribution in [0.4, 0.5) is 11.4 Å². The van der Waals surface area contributed by atoms with Gasteiger partial charge in [-0.1, -0.05) is 18.2 Å². The van der Waals surface area contributed by atoms with Gasteiger partial charge in [-0.2, -0.15) is 0 Å². The zero-order chi connectivity index (χ0) is 21.7. The molecule has 0 fully saturated rings. The Bertz CT molecular complexity index is 1450. The second-order valence-electron chi connectivity index (χ2n) is 7.32. The molecular weight excluding hydrogens is 398 g/mol. The SMILES string of the molecule is COc1ccc(C2c3c(cc(C)oc3=O)Nc3c2c(=O)oc2ccccc32)cc1OC. The summed E-state index contributed by atoms with van der Waals surface area (Å²) in [6, 6.07) is 14.4. The minimum absolute atomic E-state index is 0.341. The number of hydrogen-bond donors (Lipinski definition) is 1. The summed E-state index contributed by atoms with van der Waals surface area (Å²) in [5.74, 6) is 0.798. The molecule has 156 valence electrons. The number of para-hydroxylation sites is 1. The Kier molecular flexibility index (Phi) is 4.32. The third kappa shape index (κ3) is 2.89. The Morgan fingerprint density at radius 2 is 1.61 bits per heavy atom. The van der Waals surface area contributed by atoms with E-state index in [1.165, 1.54) is 7.11 Å². The summed E-state index contributed by atoms with van der Waals surface area (Å²) in [6.45, 7) is 1.71. The van der Waals surface area contributed by atoms with Gasteiger partial charge < -0.3 is 23.6 Å². The molecule has 3 heterocycles. The van der Waals surface area contributed by atoms with E-state index in [1.54, 1.807) is 50.4 Å². The van der Waals surface area contributed by atoms with Crippen molar-refractivity contribution in [2.45, 2.75) is 12.8 Å². The van der Waals surface area contributed by atoms with Crippen molar-refractivity contribution in [3.8, 4) is 11.5 Å². The standard InChI is InChI=1S/C24H19NO6/c1-12-10-15-20(23(26)30-12)19(13-8-9-17(28-2)18(11-13)29-3)21-22(25-15)14-6-4-5-7-16(14)31-24(21)27/h4-11,19,25H,1-3H3. The summed E-state index contributed by atoms with van der Waals surface area (Å²) in [4.78, 5) is 26.1. The molecule has 5 rings (SSSR count). The third-order valence-electron chi connectivity index (χ3n) is 5.54. The second-order valence-corrected chi connectivity index (χ2v) is 7.32. The molecule has 1 N–H and O–H groups in total. The predicted molar refractivity (Wildman–Crippen MR) is 116 cm³/mol. The van der Waals surface area contributed by atoms with Gasteiger partial charge in [-0.15, -0.1) is 0 Å². The average molecular weight is 417 g/mol. The van der Waals surface area contributed by atoms with Crippen LogP contribution in [0.1, 0.15) is 28.4 Å². The molecular formula is C24H19NO6. The summed E-state index contributed by atoms with van der Waals surface area (Å²) in [5, 5.41) is 4.03. The van der Waals surface area contributed by atoms with Crippen LogP contribution < -0.4 is 26.0 Å². The van der Waals surface area contributed by atoms with E-state index < -0.39 is 17.2 Å². The minimum Gasteiger partial charge on any atom is -0.493 e. The van der Waals surface area contributed by atoms with Gasteiger partial charge in [0.05, 0.1) is 42.6 Å². The van der Waals surface area contributed by atoms with Crippen molar-refractivity contribution < 1.29 is 18.3 Å². The Balaban J connectivity index is 1.88. The smallest absolute Gasteiger partial charge is 0.342 e. The van der Waals surface area contributed by atoms with E-state index in [-0.39, 0.29) is 0 Å². The molecule has 31 heavy (non-hydrogen) atoms. The normalized spacial score (nSPS) is 14.5. The van der Waals surface area contributed by atoms with Crippen LogP contribution in [0.3, 0.4) is 0 Å². The Hall–Kier alpha value is -4.00. The summed E-state index contributed by atoms with van der Waals surface area (Å²) in [6.07, 6.45) is 0. The van der Waals surface area contributed by atoms with Gasteiger partial charge in [0.2, 0.25) is 0 Å². The number of nitrogens with one attached hydrogen (secondary N) is 1. The van der Waals surface area contributed by atoms with Crippen molar-refractivity contribution in [1.29, 1.82) is 0 Å². The van der Waals surface area contributed by atoms with E-state index in [4.69, 9.17) is 18.3 Å². The summed E-state index contributed by atoms with van der Waals surface area (Å²) in [5.41, 5.74) is 2.00. The van der Waals surface area contributed by atoms with Gasteiger partial charge in [0, 0.05) is 11.5 Å². The van der Waals surface area contributed by atoms with Crippen LogP contribution in [0.25, 0.3) is 11.0 Å². The fourth-order valence-electron chi connectivity index (χ4n) is 4.20. The number of fused-ring (bicyclic) bond motifs is 4. The van der Waals surface area contributed by atoms with Gasteiger partial charge in [-0.3, -0.25) is 0 Å². The van der Waals surface area contributed by atoms with Gasteiger partial charge in [0.15, 0.2) is 11.5 Å². The van der Waals surface area contributed by atoms with E-state index in [9.17, 15) is 9.59 Å². The molecule has 0 bridgehead atoms. The van der Waals surface area contributed by atoms with Gasteiger partial charge in [-0.25, -0.2) is 9.59 Å². The highest BCUT2D eigenvalue weighted by Crippen LogP contribution is 2.46. The zero-order valence-electron chi connectivity index (χ0n) is 17.1. The first-order valence-electron chi connectivity index (χ1n) is 9.71. The fourth-order valence-corrected chi connectivity index (χ4v) is 4.20. The maximum atomic E-state index is 13.1. The summed E-state index contributed by atoms with van der Waals surface area (Å²) >= 11 is 0. The maximum Gasteiger partial charge on any atom is 0.342 e. The molecule has 0 aliphatic carbocycles. The van der Waals surface area contributed by atoms with Gasteiger partial charge in [0.1, 0.15) is 11.3 Å². The lowest BCUT2D eigenvalue weighted by molar-refractivity contribution is 0.354. The fraction of sp³-hybridized carbons (Fsp3) is 0.167. The number of rotatable bonds is 3. The lowest BCUT2D eigenvalue weighted by Crippen LogP contribution is -2.27. The molecule has 0 saturated heterocycles. The van der Waals surface area contributed by atoms with Crippen molar-refractivity contribution in [2.24, 2.45) is 0 Å². The zero-order valence-corrected chi connectivity index (χ0v) is 17.1. The van der Waals surface area contributed by atoms with E-state index >= 15 is 0 Å². The molecule has 1 unspecified atom stereocenters. The highest BCUT2D eigenvalue weighted by atomic mass is 16.5. The monoisotopic (exact) mass is 417 g/mol. The van der Waals surface area contributed by atoms with Crippen LogP contribution in [0.15, 0.2) is 67.0 Å². The second kappa shape index (κ2) is 7.05. The topological polar surface area (TPSA) is 90.9 Å². The van der Waals surface area contributed by atoms with Crippen LogP contribution >= 0.6 is 0 Å². The molecule has 2 aromatic carbocycles. The van der Waals surface area contributed by atoms with Crippen LogP contribution in [0.2, 0.25) is 0 Å². The molecule has 4 aromatic rings. The first kappa shape index (κ1) is 19.0.